The van der Waals surface area contributed by atoms with Gasteiger partial charge in [-0.1, -0.05) is 33.8 Å². The molecule has 2 aliphatic rings. The summed E-state index contributed by atoms with van der Waals surface area (Å²) < 4.78 is 19.3. The molecule has 2 aromatic carbocycles. The van der Waals surface area contributed by atoms with Gasteiger partial charge in [-0.2, -0.15) is 0 Å². The van der Waals surface area contributed by atoms with Crippen LogP contribution in [-0.2, 0) is 6.42 Å². The number of aliphatic imine (C=N–C) groups is 1. The highest BCUT2D eigenvalue weighted by molar-refractivity contribution is 5.96. The van der Waals surface area contributed by atoms with E-state index in [1.807, 2.05) is 24.3 Å². The number of nitrogens with zero attached hydrogens (tertiary/aromatic N) is 2. The predicted molar refractivity (Wildman–Crippen MR) is 165 cm³/mol. The van der Waals surface area contributed by atoms with E-state index in [9.17, 15) is 9.18 Å². The molecule has 1 amide bonds. The van der Waals surface area contributed by atoms with Crippen molar-refractivity contribution < 1.29 is 13.9 Å². The van der Waals surface area contributed by atoms with Crippen molar-refractivity contribution in [3.63, 3.8) is 0 Å². The van der Waals surface area contributed by atoms with Crippen molar-refractivity contribution in [3.8, 4) is 5.75 Å². The van der Waals surface area contributed by atoms with Crippen LogP contribution in [0.4, 0.5) is 10.1 Å². The first-order valence-corrected chi connectivity index (χ1v) is 15.2. The minimum Gasteiger partial charge on any atom is -0.497 e. The van der Waals surface area contributed by atoms with E-state index in [0.29, 0.717) is 59.6 Å². The van der Waals surface area contributed by atoms with E-state index in [1.165, 1.54) is 19.6 Å². The molecule has 0 bridgehead atoms. The van der Waals surface area contributed by atoms with E-state index in [4.69, 9.17) is 9.73 Å². The minimum atomic E-state index is -0.331. The number of hydrogen-bond acceptors (Lipinski definition) is 4. The zero-order chi connectivity index (χ0) is 29.5. The Kier molecular flexibility index (Phi) is 10.6. The van der Waals surface area contributed by atoms with Gasteiger partial charge in [-0.25, -0.2) is 9.38 Å². The second-order valence-corrected chi connectivity index (χ2v) is 12.3. The number of anilines is 1. The van der Waals surface area contributed by atoms with Gasteiger partial charge in [0.25, 0.3) is 5.91 Å². The third-order valence-corrected chi connectivity index (χ3v) is 8.76. The molecule has 4 rings (SSSR count). The van der Waals surface area contributed by atoms with Crippen molar-refractivity contribution in [2.45, 2.75) is 66.0 Å². The van der Waals surface area contributed by atoms with E-state index in [1.54, 1.807) is 12.1 Å². The topological polar surface area (TPSA) is 78.0 Å². The average molecular weight is 566 g/mol. The highest BCUT2D eigenvalue weighted by atomic mass is 19.1. The largest absolute Gasteiger partial charge is 0.497 e. The molecule has 2 fully saturated rings. The molecule has 1 aliphatic carbocycles. The summed E-state index contributed by atoms with van der Waals surface area (Å²) in [7, 11) is 1.51. The molecule has 2 aromatic rings. The molecule has 3 N–H and O–H groups in total. The molecule has 1 heterocycles. The van der Waals surface area contributed by atoms with Crippen molar-refractivity contribution >= 4 is 17.6 Å². The normalized spacial score (nSPS) is 25.2. The number of methoxy groups -OCH3 is 1. The second kappa shape index (κ2) is 14.2. The molecule has 8 heteroatoms. The molecule has 7 nitrogen and oxygen atoms in total. The van der Waals surface area contributed by atoms with Gasteiger partial charge in [0.05, 0.1) is 13.2 Å². The third kappa shape index (κ3) is 8.22. The zero-order valence-electron chi connectivity index (χ0n) is 25.5. The molecular formula is C33H48FN5O2. The van der Waals surface area contributed by atoms with E-state index in [2.05, 4.69) is 55.5 Å². The molecule has 0 radical (unpaired) electrons. The lowest BCUT2D eigenvalue weighted by molar-refractivity contribution is 0.0954. The van der Waals surface area contributed by atoms with Gasteiger partial charge in [0, 0.05) is 49.5 Å². The fourth-order valence-corrected chi connectivity index (χ4v) is 6.32. The van der Waals surface area contributed by atoms with Crippen molar-refractivity contribution in [2.75, 3.05) is 38.6 Å². The smallest absolute Gasteiger partial charge is 0.251 e. The molecule has 41 heavy (non-hydrogen) atoms. The van der Waals surface area contributed by atoms with E-state index in [0.717, 1.165) is 37.7 Å². The van der Waals surface area contributed by atoms with Crippen LogP contribution >= 0.6 is 0 Å². The number of carbonyl (C=O) groups is 1. The molecule has 0 aromatic heterocycles. The zero-order valence-corrected chi connectivity index (χ0v) is 25.5. The number of amides is 1. The summed E-state index contributed by atoms with van der Waals surface area (Å²) in [6.07, 6.45) is 2.79. The number of ether oxygens (including phenoxy) is 1. The Labute approximate surface area is 245 Å². The Balaban J connectivity index is 1.43. The van der Waals surface area contributed by atoms with Crippen LogP contribution in [0.25, 0.3) is 0 Å². The van der Waals surface area contributed by atoms with E-state index in [-0.39, 0.29) is 17.8 Å². The highest BCUT2D eigenvalue weighted by Gasteiger charge is 2.35. The van der Waals surface area contributed by atoms with Crippen LogP contribution in [0.1, 0.15) is 63.4 Å². The molecule has 0 unspecified atom stereocenters. The third-order valence-electron chi connectivity index (χ3n) is 8.76. The number of hydrogen-bond donors (Lipinski definition) is 3. The Morgan fingerprint density at radius 1 is 1.15 bits per heavy atom. The van der Waals surface area contributed by atoms with Crippen LogP contribution in [0.2, 0.25) is 0 Å². The lowest BCUT2D eigenvalue weighted by atomic mass is 9.68. The van der Waals surface area contributed by atoms with Gasteiger partial charge in [-0.05, 0) is 85.8 Å². The molecule has 224 valence electrons. The maximum absolute atomic E-state index is 14.2. The van der Waals surface area contributed by atoms with Crippen LogP contribution < -0.4 is 20.7 Å². The Hall–Kier alpha value is -3.13. The summed E-state index contributed by atoms with van der Waals surface area (Å²) in [6, 6.07) is 13.0. The van der Waals surface area contributed by atoms with Gasteiger partial charge in [0.1, 0.15) is 11.6 Å². The summed E-state index contributed by atoms with van der Waals surface area (Å²) in [4.78, 5) is 20.5. The summed E-state index contributed by atoms with van der Waals surface area (Å²) in [5, 5.41) is 10.0. The van der Waals surface area contributed by atoms with E-state index >= 15 is 0 Å². The molecule has 1 saturated heterocycles. The second-order valence-electron chi connectivity index (χ2n) is 12.3. The van der Waals surface area contributed by atoms with Crippen molar-refractivity contribution in [1.29, 1.82) is 0 Å². The van der Waals surface area contributed by atoms with Crippen molar-refractivity contribution in [1.82, 2.24) is 15.5 Å². The monoisotopic (exact) mass is 565 g/mol. The molecule has 0 spiro atoms. The summed E-state index contributed by atoms with van der Waals surface area (Å²) in [5.74, 6) is 3.40. The first kappa shape index (κ1) is 30.8. The molecular weight excluding hydrogens is 517 g/mol. The SMILES string of the molecule is COc1ccc(CCNC(=O)c2ccc(N/C(=N/[C@H]3C[C@H](C)C[C@H](C(C)C)[C@@H]3C)N3CCN[C@@H](C)C3)cc2)c(F)c1. The van der Waals surface area contributed by atoms with Gasteiger partial charge in [-0.15, -0.1) is 0 Å². The Bertz CT molecular complexity index is 1180. The fourth-order valence-electron chi connectivity index (χ4n) is 6.32. The van der Waals surface area contributed by atoms with Gasteiger partial charge in [0.15, 0.2) is 5.96 Å². The number of nitrogens with one attached hydrogen (secondary N) is 3. The lowest BCUT2D eigenvalue weighted by Gasteiger charge is -2.41. The summed E-state index contributed by atoms with van der Waals surface area (Å²) >= 11 is 0. The number of rotatable bonds is 8. The van der Waals surface area contributed by atoms with Crippen molar-refractivity contribution in [3.05, 3.63) is 59.4 Å². The Morgan fingerprint density at radius 3 is 2.56 bits per heavy atom. The maximum atomic E-state index is 14.2. The number of guanidine groups is 1. The predicted octanol–water partition coefficient (Wildman–Crippen LogP) is 5.58. The van der Waals surface area contributed by atoms with Crippen LogP contribution in [0, 0.1) is 29.5 Å². The van der Waals surface area contributed by atoms with Crippen LogP contribution in [0.3, 0.4) is 0 Å². The number of benzene rings is 2. The number of halogens is 1. The van der Waals surface area contributed by atoms with Gasteiger partial charge >= 0.3 is 0 Å². The first-order valence-electron chi connectivity index (χ1n) is 15.2. The quantitative estimate of drug-likeness (QED) is 0.288. The minimum absolute atomic E-state index is 0.181. The van der Waals surface area contributed by atoms with Crippen molar-refractivity contribution in [2.24, 2.45) is 28.7 Å². The molecule has 1 saturated carbocycles. The Morgan fingerprint density at radius 2 is 1.90 bits per heavy atom. The van der Waals surface area contributed by atoms with Gasteiger partial charge < -0.3 is 25.6 Å². The van der Waals surface area contributed by atoms with Crippen LogP contribution in [0.5, 0.6) is 5.75 Å². The lowest BCUT2D eigenvalue weighted by Crippen LogP contribution is -2.53. The van der Waals surface area contributed by atoms with E-state index < -0.39 is 0 Å². The molecule has 1 aliphatic heterocycles. The highest BCUT2D eigenvalue weighted by Crippen LogP contribution is 2.39. The van der Waals surface area contributed by atoms with Crippen LogP contribution in [-0.4, -0.2) is 62.1 Å². The molecule has 5 atom stereocenters. The fraction of sp³-hybridized carbons (Fsp3) is 0.576. The summed E-state index contributed by atoms with van der Waals surface area (Å²) in [5.41, 5.74) is 2.01. The summed E-state index contributed by atoms with van der Waals surface area (Å²) in [6.45, 7) is 14.7. The average Bonchev–Trinajstić information content (AvgIpc) is 2.95. The maximum Gasteiger partial charge on any atom is 0.251 e. The standard InChI is InChI=1S/C33H48FN5O2/c1-21(2)29-17-22(3)18-31(24(29)5)38-33(39-16-15-35-23(4)20-39)37-27-10-7-26(8-11-27)32(40)36-14-13-25-9-12-28(41-6)19-30(25)34/h7-12,19,21-24,29,31,35H,13-18,20H2,1-6H3,(H,36,40)(H,37,38)/t22-,23+,24+,29-,31+/m1/s1. The van der Waals surface area contributed by atoms with Crippen LogP contribution in [0.15, 0.2) is 47.5 Å². The number of carbonyl (C=O) groups excluding carboxylic acids is 1. The van der Waals surface area contributed by atoms with Gasteiger partial charge in [-0.3, -0.25) is 4.79 Å². The first-order chi connectivity index (χ1) is 19.6. The number of piperazine rings is 1. The van der Waals surface area contributed by atoms with Gasteiger partial charge in [0.2, 0.25) is 0 Å².